The van der Waals surface area contributed by atoms with E-state index in [0.29, 0.717) is 0 Å². The van der Waals surface area contributed by atoms with Crippen LogP contribution >= 0.6 is 10.0 Å². The lowest BCUT2D eigenvalue weighted by atomic mass is 9.81. The summed E-state index contributed by atoms with van der Waals surface area (Å²) >= 11 is 0. The number of benzene rings is 2. The predicted octanol–water partition coefficient (Wildman–Crippen LogP) is 10.4. The van der Waals surface area contributed by atoms with Crippen molar-refractivity contribution in [3.05, 3.63) is 106 Å². The molecule has 4 aliphatic rings. The molecule has 1 atom stereocenters. The van der Waals surface area contributed by atoms with Gasteiger partial charge in [0.2, 0.25) is 0 Å². The molecule has 3 saturated carbocycles. The molecule has 2 aromatic carbocycles. The summed E-state index contributed by atoms with van der Waals surface area (Å²) in [5.41, 5.74) is 6.08. The lowest BCUT2D eigenvalue weighted by Crippen LogP contribution is -2.27. The van der Waals surface area contributed by atoms with Gasteiger partial charge < -0.3 is 4.42 Å². The minimum atomic E-state index is -1.18. The van der Waals surface area contributed by atoms with Gasteiger partial charge in [0.05, 0.1) is 6.26 Å². The second kappa shape index (κ2) is 10.6. The van der Waals surface area contributed by atoms with Crippen LogP contribution in [0.4, 0.5) is 0 Å². The molecular formula is C36H42OS. The normalized spacial score (nSPS) is 26.4. The highest BCUT2D eigenvalue weighted by atomic mass is 32.3. The minimum absolute atomic E-state index is 0.805. The van der Waals surface area contributed by atoms with E-state index in [1.54, 1.807) is 16.1 Å². The second-order valence-corrected chi connectivity index (χ2v) is 15.8. The van der Waals surface area contributed by atoms with Crippen molar-refractivity contribution < 1.29 is 4.42 Å². The van der Waals surface area contributed by atoms with Gasteiger partial charge in [-0.15, -0.1) is 0 Å². The lowest BCUT2D eigenvalue weighted by Gasteiger charge is -2.51. The van der Waals surface area contributed by atoms with Crippen molar-refractivity contribution in [2.45, 2.75) is 82.3 Å². The maximum atomic E-state index is 6.45. The van der Waals surface area contributed by atoms with E-state index >= 15 is 0 Å². The van der Waals surface area contributed by atoms with Gasteiger partial charge in [-0.1, -0.05) is 99.2 Å². The molecule has 2 heteroatoms. The Balaban J connectivity index is 1.52. The van der Waals surface area contributed by atoms with Crippen LogP contribution in [0.5, 0.6) is 0 Å². The molecule has 0 bridgehead atoms. The van der Waals surface area contributed by atoms with Crippen molar-refractivity contribution in [2.75, 3.05) is 5.75 Å². The summed E-state index contributed by atoms with van der Waals surface area (Å²) in [6.07, 6.45) is 18.4. The number of hydrogen-bond donors (Lipinski definition) is 0. The molecule has 0 spiro atoms. The fraction of sp³-hybridized carbons (Fsp3) is 0.444. The average Bonchev–Trinajstić information content (AvgIpc) is 3.51. The largest absolute Gasteiger partial charge is 0.464 e. The lowest BCUT2D eigenvalue weighted by molar-refractivity contribution is 0.318. The Morgan fingerprint density at radius 1 is 0.684 bits per heavy atom. The number of rotatable bonds is 9. The highest BCUT2D eigenvalue weighted by Gasteiger charge is 2.51. The van der Waals surface area contributed by atoms with Gasteiger partial charge >= 0.3 is 0 Å². The SMILES string of the molecule is c1ccc(CC2=C(c3ccco3)S(CC3CC3)(C3CCCCC3)C(CC3CCC3)=C2c2ccccc2)cc1. The Bertz CT molecular complexity index is 1290. The Labute approximate surface area is 230 Å². The molecule has 0 radical (unpaired) electrons. The van der Waals surface area contributed by atoms with Crippen LogP contribution in [0.15, 0.2) is 94.0 Å². The van der Waals surface area contributed by atoms with Gasteiger partial charge in [-0.25, -0.2) is 0 Å². The molecule has 38 heavy (non-hydrogen) atoms. The van der Waals surface area contributed by atoms with Crippen molar-refractivity contribution in [3.8, 4) is 0 Å². The van der Waals surface area contributed by atoms with Crippen LogP contribution in [0.1, 0.15) is 87.5 Å². The van der Waals surface area contributed by atoms with Crippen molar-refractivity contribution in [3.63, 3.8) is 0 Å². The zero-order valence-electron chi connectivity index (χ0n) is 22.7. The van der Waals surface area contributed by atoms with E-state index in [2.05, 4.69) is 72.8 Å². The summed E-state index contributed by atoms with van der Waals surface area (Å²) in [5, 5.41) is 0.805. The summed E-state index contributed by atoms with van der Waals surface area (Å²) in [5.74, 6) is 4.35. The van der Waals surface area contributed by atoms with Crippen LogP contribution in [-0.2, 0) is 6.42 Å². The molecule has 7 rings (SSSR count). The first kappa shape index (κ1) is 24.6. The Morgan fingerprint density at radius 3 is 2.05 bits per heavy atom. The first-order valence-corrected chi connectivity index (χ1v) is 17.1. The summed E-state index contributed by atoms with van der Waals surface area (Å²) in [6.45, 7) is 0. The number of hydrogen-bond acceptors (Lipinski definition) is 1. The van der Waals surface area contributed by atoms with Gasteiger partial charge in [0.1, 0.15) is 5.76 Å². The van der Waals surface area contributed by atoms with Gasteiger partial charge in [0.15, 0.2) is 0 Å². The van der Waals surface area contributed by atoms with Gasteiger partial charge in [-0.3, -0.25) is 0 Å². The fourth-order valence-corrected chi connectivity index (χ4v) is 13.5. The van der Waals surface area contributed by atoms with Crippen LogP contribution in [-0.4, -0.2) is 11.0 Å². The molecule has 3 aromatic rings. The van der Waals surface area contributed by atoms with Crippen LogP contribution < -0.4 is 0 Å². The summed E-state index contributed by atoms with van der Waals surface area (Å²) in [4.78, 5) is 3.53. The molecule has 0 N–H and O–H groups in total. The Hall–Kier alpha value is -2.45. The van der Waals surface area contributed by atoms with Gasteiger partial charge in [-0.2, -0.15) is 10.0 Å². The van der Waals surface area contributed by atoms with Gasteiger partial charge in [0, 0.05) is 4.91 Å². The molecule has 1 unspecified atom stereocenters. The molecule has 3 aliphatic carbocycles. The molecule has 3 fully saturated rings. The fourth-order valence-electron chi connectivity index (χ4n) is 7.47. The first-order valence-electron chi connectivity index (χ1n) is 15.2. The third-order valence-electron chi connectivity index (χ3n) is 9.71. The van der Waals surface area contributed by atoms with E-state index in [1.807, 2.05) is 11.2 Å². The summed E-state index contributed by atoms with van der Waals surface area (Å²) < 4.78 is 6.45. The van der Waals surface area contributed by atoms with Crippen molar-refractivity contribution in [2.24, 2.45) is 11.8 Å². The predicted molar refractivity (Wildman–Crippen MR) is 163 cm³/mol. The van der Waals surface area contributed by atoms with E-state index < -0.39 is 10.0 Å². The van der Waals surface area contributed by atoms with Crippen molar-refractivity contribution in [1.29, 1.82) is 0 Å². The topological polar surface area (TPSA) is 13.1 Å². The first-order chi connectivity index (χ1) is 18.8. The molecule has 1 aromatic heterocycles. The Kier molecular flexibility index (Phi) is 6.86. The van der Waals surface area contributed by atoms with Crippen LogP contribution in [0.3, 0.4) is 0 Å². The third kappa shape index (κ3) is 4.53. The van der Waals surface area contributed by atoms with E-state index in [1.165, 1.54) is 93.3 Å². The molecule has 2 heterocycles. The number of furan rings is 1. The van der Waals surface area contributed by atoms with Crippen molar-refractivity contribution >= 4 is 20.5 Å². The molecular weight excluding hydrogens is 480 g/mol. The summed E-state index contributed by atoms with van der Waals surface area (Å²) in [6, 6.07) is 27.2. The average molecular weight is 523 g/mol. The van der Waals surface area contributed by atoms with Crippen LogP contribution in [0.2, 0.25) is 0 Å². The van der Waals surface area contributed by atoms with E-state index in [4.69, 9.17) is 4.42 Å². The smallest absolute Gasteiger partial charge is 0.139 e. The highest BCUT2D eigenvalue weighted by molar-refractivity contribution is 8.44. The molecule has 1 nitrogen and oxygen atoms in total. The second-order valence-electron chi connectivity index (χ2n) is 12.3. The monoisotopic (exact) mass is 522 g/mol. The van der Waals surface area contributed by atoms with E-state index in [-0.39, 0.29) is 0 Å². The molecule has 0 amide bonds. The zero-order chi connectivity index (χ0) is 25.4. The quantitative estimate of drug-likeness (QED) is 0.272. The Morgan fingerprint density at radius 2 is 1.42 bits per heavy atom. The third-order valence-corrected chi connectivity index (χ3v) is 14.7. The number of allylic oxidation sites excluding steroid dienone is 3. The van der Waals surface area contributed by atoms with Crippen molar-refractivity contribution in [1.82, 2.24) is 0 Å². The maximum absolute atomic E-state index is 6.45. The van der Waals surface area contributed by atoms with E-state index in [9.17, 15) is 0 Å². The molecule has 0 saturated heterocycles. The van der Waals surface area contributed by atoms with Gasteiger partial charge in [-0.05, 0) is 101 Å². The molecule has 1 aliphatic heterocycles. The highest BCUT2D eigenvalue weighted by Crippen LogP contribution is 2.80. The zero-order valence-corrected chi connectivity index (χ0v) is 23.6. The maximum Gasteiger partial charge on any atom is 0.139 e. The summed E-state index contributed by atoms with van der Waals surface area (Å²) in [7, 11) is -1.18. The van der Waals surface area contributed by atoms with Crippen LogP contribution in [0.25, 0.3) is 10.5 Å². The molecule has 198 valence electrons. The standard InChI is InChI=1S/C36H42OS/c1-4-12-27(13-5-1)24-32-35(30-16-6-2-7-17-30)34(25-28-14-10-15-28)38(26-29-21-22-29,31-18-8-3-9-19-31)36(32)33-20-11-23-37-33/h1-2,4-7,11-13,16-17,20,23,28-29,31H,3,8-10,14-15,18-19,21-22,24-26H2. The van der Waals surface area contributed by atoms with Crippen LogP contribution in [0, 0.1) is 11.8 Å². The minimum Gasteiger partial charge on any atom is -0.464 e. The van der Waals surface area contributed by atoms with Gasteiger partial charge in [0.25, 0.3) is 0 Å². The van der Waals surface area contributed by atoms with E-state index in [0.717, 1.165) is 23.5 Å².